The largest absolute Gasteiger partial charge is 0.507 e. The SMILES string of the molecule is COc1cc2cc(O)c1CO2.COc1cccc(C=CC(=O)c2ccccc2)c1. The lowest BCUT2D eigenvalue weighted by atomic mass is 10.1. The van der Waals surface area contributed by atoms with Gasteiger partial charge in [0.2, 0.25) is 0 Å². The van der Waals surface area contributed by atoms with E-state index >= 15 is 0 Å². The fourth-order valence-corrected chi connectivity index (χ4v) is 2.79. The molecule has 2 heterocycles. The van der Waals surface area contributed by atoms with Crippen molar-refractivity contribution in [1.29, 1.82) is 0 Å². The number of methoxy groups -OCH3 is 2. The van der Waals surface area contributed by atoms with E-state index in [0.29, 0.717) is 23.7 Å². The summed E-state index contributed by atoms with van der Waals surface area (Å²) < 4.78 is 15.3. The molecule has 0 saturated carbocycles. The van der Waals surface area contributed by atoms with E-state index < -0.39 is 0 Å². The number of ether oxygens (including phenoxy) is 3. The highest BCUT2D eigenvalue weighted by Gasteiger charge is 2.17. The van der Waals surface area contributed by atoms with Crippen LogP contribution in [0.5, 0.6) is 23.0 Å². The number of hydrogen-bond acceptors (Lipinski definition) is 5. The van der Waals surface area contributed by atoms with Crippen LogP contribution in [0.25, 0.3) is 6.08 Å². The maximum atomic E-state index is 11.9. The predicted molar refractivity (Wildman–Crippen MR) is 112 cm³/mol. The number of carbonyl (C=O) groups excluding carboxylic acids is 1. The van der Waals surface area contributed by atoms with Crippen LogP contribution in [-0.4, -0.2) is 25.1 Å². The number of allylic oxidation sites excluding steroid dienone is 1. The van der Waals surface area contributed by atoms with Crippen LogP contribution in [0.4, 0.5) is 0 Å². The van der Waals surface area contributed by atoms with Crippen LogP contribution in [0.15, 0.2) is 72.8 Å². The molecule has 5 heteroatoms. The summed E-state index contributed by atoms with van der Waals surface area (Å²) in [6.07, 6.45) is 3.36. The van der Waals surface area contributed by atoms with Crippen LogP contribution in [0.2, 0.25) is 0 Å². The molecule has 0 saturated heterocycles. The van der Waals surface area contributed by atoms with Crippen molar-refractivity contribution in [3.8, 4) is 23.0 Å². The molecule has 5 rings (SSSR count). The van der Waals surface area contributed by atoms with Crippen LogP contribution < -0.4 is 14.2 Å². The Morgan fingerprint density at radius 3 is 2.41 bits per heavy atom. The fourth-order valence-electron chi connectivity index (χ4n) is 2.79. The quantitative estimate of drug-likeness (QED) is 0.497. The van der Waals surface area contributed by atoms with Crippen LogP contribution in [0, 0.1) is 0 Å². The van der Waals surface area contributed by atoms with Crippen LogP contribution in [0.1, 0.15) is 21.5 Å². The average Bonchev–Trinajstić information content (AvgIpc) is 2.78. The lowest BCUT2D eigenvalue weighted by Gasteiger charge is -2.19. The zero-order chi connectivity index (χ0) is 20.6. The smallest absolute Gasteiger partial charge is 0.185 e. The standard InChI is InChI=1S/C16H14O2.C8H8O3/c1-18-15-9-5-6-13(12-15)10-11-16(17)14-7-3-2-4-8-14;1-10-8-3-5-2-7(9)6(8)4-11-5/h2-12H,1H3;2-3,9H,4H2,1H3. The molecule has 3 aromatic carbocycles. The monoisotopic (exact) mass is 390 g/mol. The molecule has 2 aliphatic heterocycles. The number of benzene rings is 3. The molecule has 1 N–H and O–H groups in total. The number of rotatable bonds is 5. The van der Waals surface area contributed by atoms with E-state index in [1.54, 1.807) is 50.6 Å². The number of hydrogen-bond donors (Lipinski definition) is 1. The maximum absolute atomic E-state index is 11.9. The zero-order valence-electron chi connectivity index (χ0n) is 16.3. The molecule has 2 bridgehead atoms. The summed E-state index contributed by atoms with van der Waals surface area (Å²) in [5, 5.41) is 9.30. The Morgan fingerprint density at radius 2 is 1.79 bits per heavy atom. The first-order chi connectivity index (χ1) is 14.1. The number of aromatic hydroxyl groups is 1. The Balaban J connectivity index is 0.000000186. The molecule has 0 radical (unpaired) electrons. The Hall–Kier alpha value is -3.73. The van der Waals surface area contributed by atoms with Gasteiger partial charge in [0.25, 0.3) is 0 Å². The minimum Gasteiger partial charge on any atom is -0.507 e. The number of phenolic OH excluding ortho intramolecular Hbond substituents is 1. The lowest BCUT2D eigenvalue weighted by molar-refractivity contribution is 0.104. The van der Waals surface area contributed by atoms with Gasteiger partial charge in [-0.15, -0.1) is 0 Å². The number of carbonyl (C=O) groups is 1. The number of phenols is 1. The molecule has 0 unspecified atom stereocenters. The fraction of sp³-hybridized carbons (Fsp3) is 0.125. The van der Waals surface area contributed by atoms with Gasteiger partial charge in [0.05, 0.1) is 19.8 Å². The third kappa shape index (κ3) is 5.17. The average molecular weight is 390 g/mol. The number of fused-ring (bicyclic) bond motifs is 3. The van der Waals surface area contributed by atoms with Crippen molar-refractivity contribution >= 4 is 11.9 Å². The first-order valence-corrected chi connectivity index (χ1v) is 9.05. The number of ketones is 1. The molecule has 3 aromatic rings. The van der Waals surface area contributed by atoms with Crippen molar-refractivity contribution in [2.24, 2.45) is 0 Å². The summed E-state index contributed by atoms with van der Waals surface area (Å²) >= 11 is 0. The molecule has 0 amide bonds. The third-order valence-corrected chi connectivity index (χ3v) is 4.34. The zero-order valence-corrected chi connectivity index (χ0v) is 16.3. The van der Waals surface area contributed by atoms with E-state index in [1.807, 2.05) is 42.5 Å². The molecule has 0 fully saturated rings. The van der Waals surface area contributed by atoms with Crippen LogP contribution in [-0.2, 0) is 6.61 Å². The van der Waals surface area contributed by atoms with E-state index in [-0.39, 0.29) is 11.5 Å². The first-order valence-electron chi connectivity index (χ1n) is 9.05. The Kier molecular flexibility index (Phi) is 6.53. The van der Waals surface area contributed by atoms with Gasteiger partial charge in [0.1, 0.15) is 29.6 Å². The summed E-state index contributed by atoms with van der Waals surface area (Å²) in [7, 11) is 3.20. The van der Waals surface area contributed by atoms with Crippen molar-refractivity contribution in [2.75, 3.05) is 14.2 Å². The lowest BCUT2D eigenvalue weighted by Crippen LogP contribution is -2.05. The molecule has 0 spiro atoms. The normalized spacial score (nSPS) is 11.4. The molecule has 148 valence electrons. The molecule has 29 heavy (non-hydrogen) atoms. The van der Waals surface area contributed by atoms with E-state index in [1.165, 1.54) is 0 Å². The van der Waals surface area contributed by atoms with Crippen molar-refractivity contribution in [3.63, 3.8) is 0 Å². The third-order valence-electron chi connectivity index (χ3n) is 4.34. The minimum absolute atomic E-state index is 0.00146. The van der Waals surface area contributed by atoms with E-state index in [0.717, 1.165) is 16.9 Å². The Bertz CT molecular complexity index is 1010. The molecular weight excluding hydrogens is 368 g/mol. The van der Waals surface area contributed by atoms with Crippen molar-refractivity contribution in [3.05, 3.63) is 89.5 Å². The van der Waals surface area contributed by atoms with Gasteiger partial charge in [-0.2, -0.15) is 0 Å². The predicted octanol–water partition coefficient (Wildman–Crippen LogP) is 4.88. The van der Waals surface area contributed by atoms with Gasteiger partial charge in [0, 0.05) is 17.7 Å². The van der Waals surface area contributed by atoms with Gasteiger partial charge in [-0.3, -0.25) is 4.79 Å². The first kappa shape index (κ1) is 20.0. The molecule has 5 nitrogen and oxygen atoms in total. The van der Waals surface area contributed by atoms with Gasteiger partial charge in [-0.1, -0.05) is 48.5 Å². The highest BCUT2D eigenvalue weighted by Crippen LogP contribution is 2.38. The second kappa shape index (κ2) is 9.46. The van der Waals surface area contributed by atoms with Crippen molar-refractivity contribution in [1.82, 2.24) is 0 Å². The van der Waals surface area contributed by atoms with Crippen LogP contribution in [0.3, 0.4) is 0 Å². The topological polar surface area (TPSA) is 65.0 Å². The molecule has 0 aliphatic carbocycles. The maximum Gasteiger partial charge on any atom is 0.185 e. The van der Waals surface area contributed by atoms with E-state index in [9.17, 15) is 9.90 Å². The minimum atomic E-state index is -0.00146. The molecular formula is C24H22O5. The summed E-state index contributed by atoms with van der Waals surface area (Å²) in [6.45, 7) is 0.414. The van der Waals surface area contributed by atoms with Gasteiger partial charge >= 0.3 is 0 Å². The van der Waals surface area contributed by atoms with Crippen molar-refractivity contribution in [2.45, 2.75) is 6.61 Å². The summed E-state index contributed by atoms with van der Waals surface area (Å²) in [5.41, 5.74) is 2.36. The Morgan fingerprint density at radius 1 is 1.00 bits per heavy atom. The molecule has 0 atom stereocenters. The molecule has 0 aromatic heterocycles. The van der Waals surface area contributed by atoms with E-state index in [2.05, 4.69) is 0 Å². The van der Waals surface area contributed by atoms with Gasteiger partial charge in [-0.25, -0.2) is 0 Å². The summed E-state index contributed by atoms with van der Waals surface area (Å²) in [6, 6.07) is 20.1. The van der Waals surface area contributed by atoms with Gasteiger partial charge in [-0.05, 0) is 23.8 Å². The highest BCUT2D eigenvalue weighted by molar-refractivity contribution is 6.06. The second-order valence-electron chi connectivity index (χ2n) is 6.25. The Labute approximate surface area is 169 Å². The van der Waals surface area contributed by atoms with Crippen LogP contribution >= 0.6 is 0 Å². The van der Waals surface area contributed by atoms with E-state index in [4.69, 9.17) is 14.2 Å². The van der Waals surface area contributed by atoms with Gasteiger partial charge in [0.15, 0.2) is 5.78 Å². The highest BCUT2D eigenvalue weighted by atomic mass is 16.5. The second-order valence-corrected chi connectivity index (χ2v) is 6.25. The molecule has 2 aliphatic rings. The summed E-state index contributed by atoms with van der Waals surface area (Å²) in [4.78, 5) is 11.9. The van der Waals surface area contributed by atoms with Crippen molar-refractivity contribution < 1.29 is 24.1 Å². The van der Waals surface area contributed by atoms with Gasteiger partial charge < -0.3 is 19.3 Å². The summed E-state index contributed by atoms with van der Waals surface area (Å²) in [5.74, 6) is 2.40.